The number of rotatable bonds is 4. The van der Waals surface area contributed by atoms with Gasteiger partial charge in [0.05, 0.1) is 12.1 Å². The predicted octanol–water partition coefficient (Wildman–Crippen LogP) is 2.41. The molecule has 2 heterocycles. The quantitative estimate of drug-likeness (QED) is 0.906. The molecule has 1 aromatic heterocycles. The predicted molar refractivity (Wildman–Crippen MR) is 70.8 cm³/mol. The van der Waals surface area contributed by atoms with Crippen LogP contribution in [0, 0.1) is 5.92 Å². The maximum Gasteiger partial charge on any atom is 0.243 e. The van der Waals surface area contributed by atoms with Gasteiger partial charge in [0.25, 0.3) is 0 Å². The Morgan fingerprint density at radius 3 is 2.95 bits per heavy atom. The van der Waals surface area contributed by atoms with Crippen LogP contribution in [0.1, 0.15) is 62.7 Å². The second kappa shape index (κ2) is 5.59. The average Bonchev–Trinajstić information content (AvgIpc) is 3.16. The lowest BCUT2D eigenvalue weighted by Crippen LogP contribution is -2.16. The molecule has 0 radical (unpaired) electrons. The zero-order valence-corrected chi connectivity index (χ0v) is 11.8. The number of ether oxygens (including phenoxy) is 1. The summed E-state index contributed by atoms with van der Waals surface area (Å²) in [5, 5.41) is 7.57. The van der Waals surface area contributed by atoms with Crippen molar-refractivity contribution in [3.05, 3.63) is 11.7 Å². The summed E-state index contributed by atoms with van der Waals surface area (Å²) in [5.41, 5.74) is 0. The third kappa shape index (κ3) is 2.67. The number of aromatic nitrogens is 2. The van der Waals surface area contributed by atoms with E-state index in [0.29, 0.717) is 5.92 Å². The van der Waals surface area contributed by atoms with E-state index in [9.17, 15) is 0 Å². The van der Waals surface area contributed by atoms with E-state index in [1.165, 1.54) is 25.7 Å². The van der Waals surface area contributed by atoms with Gasteiger partial charge < -0.3 is 14.6 Å². The maximum atomic E-state index is 5.44. The molecule has 19 heavy (non-hydrogen) atoms. The van der Waals surface area contributed by atoms with E-state index in [0.717, 1.165) is 30.6 Å². The fraction of sp³-hybridized carbons (Fsp3) is 0.857. The van der Waals surface area contributed by atoms with Crippen LogP contribution >= 0.6 is 0 Å². The number of hydrogen-bond acceptors (Lipinski definition) is 5. The highest BCUT2D eigenvalue weighted by atomic mass is 16.5. The van der Waals surface area contributed by atoms with Gasteiger partial charge in [-0.2, -0.15) is 4.98 Å². The first-order valence-electron chi connectivity index (χ1n) is 7.39. The summed E-state index contributed by atoms with van der Waals surface area (Å²) < 4.78 is 10.8. The number of methoxy groups -OCH3 is 1. The van der Waals surface area contributed by atoms with Gasteiger partial charge >= 0.3 is 0 Å². The third-order valence-electron chi connectivity index (χ3n) is 4.66. The van der Waals surface area contributed by atoms with Gasteiger partial charge in [0.1, 0.15) is 0 Å². The van der Waals surface area contributed by atoms with E-state index in [-0.39, 0.29) is 12.1 Å². The van der Waals surface area contributed by atoms with Crippen molar-refractivity contribution in [2.45, 2.75) is 57.1 Å². The number of nitrogens with one attached hydrogen (secondary N) is 1. The lowest BCUT2D eigenvalue weighted by Gasteiger charge is -2.05. The van der Waals surface area contributed by atoms with Crippen molar-refractivity contribution in [1.82, 2.24) is 15.5 Å². The van der Waals surface area contributed by atoms with Crippen LogP contribution in [0.15, 0.2) is 4.52 Å². The van der Waals surface area contributed by atoms with Crippen LogP contribution in [0.3, 0.4) is 0 Å². The Balaban J connectivity index is 1.64. The highest BCUT2D eigenvalue weighted by Gasteiger charge is 2.32. The normalized spacial score (nSPS) is 35.1. The molecule has 106 valence electrons. The van der Waals surface area contributed by atoms with Crippen molar-refractivity contribution >= 4 is 0 Å². The Morgan fingerprint density at radius 2 is 2.26 bits per heavy atom. The molecule has 0 spiro atoms. The molecule has 5 nitrogen and oxygen atoms in total. The van der Waals surface area contributed by atoms with E-state index in [1.807, 2.05) is 0 Å². The molecule has 2 fully saturated rings. The number of hydrogen-bond donors (Lipinski definition) is 1. The monoisotopic (exact) mass is 265 g/mol. The Hall–Kier alpha value is -0.940. The van der Waals surface area contributed by atoms with E-state index < -0.39 is 0 Å². The van der Waals surface area contributed by atoms with E-state index in [2.05, 4.69) is 22.4 Å². The fourth-order valence-electron chi connectivity index (χ4n) is 3.31. The lowest BCUT2D eigenvalue weighted by atomic mass is 10.0. The van der Waals surface area contributed by atoms with Gasteiger partial charge in [-0.25, -0.2) is 0 Å². The van der Waals surface area contributed by atoms with Gasteiger partial charge in [0.15, 0.2) is 5.82 Å². The van der Waals surface area contributed by atoms with Crippen LogP contribution < -0.4 is 5.32 Å². The Bertz CT molecular complexity index is 384. The largest absolute Gasteiger partial charge is 0.380 e. The SMILES string of the molecule is CCC1CCC(c2noc([C@H]3C[C@H](OC)CN3)n2)C1. The summed E-state index contributed by atoms with van der Waals surface area (Å²) in [6.07, 6.45) is 6.17. The summed E-state index contributed by atoms with van der Waals surface area (Å²) in [6.45, 7) is 3.13. The summed E-state index contributed by atoms with van der Waals surface area (Å²) in [6, 6.07) is 0.162. The van der Waals surface area contributed by atoms with Crippen LogP contribution in [-0.4, -0.2) is 29.9 Å². The molecule has 1 N–H and O–H groups in total. The molecular formula is C14H23N3O2. The first-order valence-corrected chi connectivity index (χ1v) is 7.39. The van der Waals surface area contributed by atoms with E-state index in [4.69, 9.17) is 9.26 Å². The summed E-state index contributed by atoms with van der Waals surface area (Å²) in [4.78, 5) is 4.62. The first kappa shape index (κ1) is 13.1. The molecule has 0 amide bonds. The van der Waals surface area contributed by atoms with Gasteiger partial charge in [-0.1, -0.05) is 18.5 Å². The van der Waals surface area contributed by atoms with Crippen molar-refractivity contribution < 1.29 is 9.26 Å². The second-order valence-corrected chi connectivity index (χ2v) is 5.83. The fourth-order valence-corrected chi connectivity index (χ4v) is 3.31. The van der Waals surface area contributed by atoms with Gasteiger partial charge in [-0.05, 0) is 31.6 Å². The molecule has 1 aliphatic carbocycles. The molecule has 1 saturated carbocycles. The van der Waals surface area contributed by atoms with Crippen molar-refractivity contribution in [3.63, 3.8) is 0 Å². The lowest BCUT2D eigenvalue weighted by molar-refractivity contribution is 0.116. The molecule has 0 bridgehead atoms. The molecule has 2 aliphatic rings. The first-order chi connectivity index (χ1) is 9.30. The molecule has 1 aliphatic heterocycles. The standard InChI is InChI=1S/C14H23N3O2/c1-3-9-4-5-10(6-9)13-16-14(19-17-13)12-7-11(18-2)8-15-12/h9-12,15H,3-8H2,1-2H3/t9?,10?,11-,12+/m0/s1. The topological polar surface area (TPSA) is 60.2 Å². The van der Waals surface area contributed by atoms with Crippen molar-refractivity contribution in [3.8, 4) is 0 Å². The van der Waals surface area contributed by atoms with Crippen LogP contribution in [0.4, 0.5) is 0 Å². The van der Waals surface area contributed by atoms with Gasteiger partial charge in [0, 0.05) is 19.6 Å². The van der Waals surface area contributed by atoms with Gasteiger partial charge in [-0.3, -0.25) is 0 Å². The van der Waals surface area contributed by atoms with Crippen molar-refractivity contribution in [1.29, 1.82) is 0 Å². The molecule has 2 unspecified atom stereocenters. The smallest absolute Gasteiger partial charge is 0.243 e. The maximum absolute atomic E-state index is 5.44. The molecule has 1 saturated heterocycles. The highest BCUT2D eigenvalue weighted by Crippen LogP contribution is 2.38. The number of nitrogens with zero attached hydrogens (tertiary/aromatic N) is 2. The van der Waals surface area contributed by atoms with Gasteiger partial charge in [-0.15, -0.1) is 0 Å². The van der Waals surface area contributed by atoms with Crippen LogP contribution in [0.2, 0.25) is 0 Å². The average molecular weight is 265 g/mol. The van der Waals surface area contributed by atoms with Gasteiger partial charge in [0.2, 0.25) is 5.89 Å². The van der Waals surface area contributed by atoms with Crippen LogP contribution in [-0.2, 0) is 4.74 Å². The van der Waals surface area contributed by atoms with E-state index >= 15 is 0 Å². The minimum atomic E-state index is 0.162. The Labute approximate surface area is 114 Å². The molecule has 4 atom stereocenters. The van der Waals surface area contributed by atoms with Crippen LogP contribution in [0.25, 0.3) is 0 Å². The Kier molecular flexibility index (Phi) is 3.84. The molecule has 1 aromatic rings. The second-order valence-electron chi connectivity index (χ2n) is 5.83. The minimum Gasteiger partial charge on any atom is -0.380 e. The van der Waals surface area contributed by atoms with E-state index in [1.54, 1.807) is 7.11 Å². The highest BCUT2D eigenvalue weighted by molar-refractivity contribution is 5.03. The summed E-state index contributed by atoms with van der Waals surface area (Å²) in [5.74, 6) is 2.99. The van der Waals surface area contributed by atoms with Crippen molar-refractivity contribution in [2.75, 3.05) is 13.7 Å². The zero-order valence-electron chi connectivity index (χ0n) is 11.8. The van der Waals surface area contributed by atoms with Crippen molar-refractivity contribution in [2.24, 2.45) is 5.92 Å². The summed E-state index contributed by atoms with van der Waals surface area (Å²) >= 11 is 0. The molecule has 3 rings (SSSR count). The summed E-state index contributed by atoms with van der Waals surface area (Å²) in [7, 11) is 1.75. The molecule has 0 aromatic carbocycles. The third-order valence-corrected chi connectivity index (χ3v) is 4.66. The molecular weight excluding hydrogens is 242 g/mol. The Morgan fingerprint density at radius 1 is 1.37 bits per heavy atom. The minimum absolute atomic E-state index is 0.162. The van der Waals surface area contributed by atoms with Crippen LogP contribution in [0.5, 0.6) is 0 Å². The molecule has 5 heteroatoms. The zero-order chi connectivity index (χ0) is 13.2.